The molecule has 1 aliphatic heterocycles. The predicted molar refractivity (Wildman–Crippen MR) is 84.5 cm³/mol. The number of nitrogens with zero attached hydrogens (tertiary/aromatic N) is 2. The van der Waals surface area contributed by atoms with Crippen LogP contribution in [-0.4, -0.2) is 40.7 Å². The largest absolute Gasteiger partial charge is 0.444 e. The van der Waals surface area contributed by atoms with Crippen molar-refractivity contribution in [2.75, 3.05) is 13.1 Å². The lowest BCUT2D eigenvalue weighted by atomic mass is 10.0. The Hall–Kier alpha value is -1.14. The highest BCUT2D eigenvalue weighted by molar-refractivity contribution is 7.09. The Bertz CT molecular complexity index is 456. The van der Waals surface area contributed by atoms with Crippen molar-refractivity contribution in [1.29, 1.82) is 0 Å². The third-order valence-electron chi connectivity index (χ3n) is 3.53. The highest BCUT2D eigenvalue weighted by atomic mass is 32.1. The SMILES string of the molecule is C[C@H](c1nccs1)N1CCC[C@H](NC(=O)OC(C)(C)C)C1. The minimum Gasteiger partial charge on any atom is -0.444 e. The Kier molecular flexibility index (Phi) is 5.22. The van der Waals surface area contributed by atoms with Crippen LogP contribution in [-0.2, 0) is 4.74 Å². The van der Waals surface area contributed by atoms with Crippen LogP contribution in [0.15, 0.2) is 11.6 Å². The van der Waals surface area contributed by atoms with Crippen molar-refractivity contribution < 1.29 is 9.53 Å². The number of hydrogen-bond acceptors (Lipinski definition) is 5. The quantitative estimate of drug-likeness (QED) is 0.931. The third-order valence-corrected chi connectivity index (χ3v) is 4.48. The smallest absolute Gasteiger partial charge is 0.407 e. The standard InChI is InChI=1S/C15H25N3O2S/c1-11(13-16-7-9-21-13)18-8-5-6-12(10-18)17-14(19)20-15(2,3)4/h7,9,11-12H,5-6,8,10H2,1-4H3,(H,17,19)/t11-,12+/m1/s1. The molecule has 0 bridgehead atoms. The number of amides is 1. The van der Waals surface area contributed by atoms with E-state index in [1.54, 1.807) is 11.3 Å². The summed E-state index contributed by atoms with van der Waals surface area (Å²) in [6.45, 7) is 9.71. The molecule has 0 radical (unpaired) electrons. The molecule has 0 spiro atoms. The van der Waals surface area contributed by atoms with E-state index < -0.39 is 5.60 Å². The summed E-state index contributed by atoms with van der Waals surface area (Å²) in [5.74, 6) is 0. The lowest BCUT2D eigenvalue weighted by Gasteiger charge is -2.36. The van der Waals surface area contributed by atoms with Crippen LogP contribution >= 0.6 is 11.3 Å². The van der Waals surface area contributed by atoms with E-state index >= 15 is 0 Å². The molecule has 0 unspecified atom stereocenters. The first-order chi connectivity index (χ1) is 9.85. The number of thiazole rings is 1. The van der Waals surface area contributed by atoms with E-state index in [4.69, 9.17) is 4.74 Å². The number of alkyl carbamates (subject to hydrolysis) is 1. The van der Waals surface area contributed by atoms with E-state index in [1.807, 2.05) is 32.3 Å². The molecule has 0 aliphatic carbocycles. The van der Waals surface area contributed by atoms with Gasteiger partial charge in [-0.15, -0.1) is 11.3 Å². The van der Waals surface area contributed by atoms with E-state index in [0.29, 0.717) is 6.04 Å². The number of carbonyl (C=O) groups is 1. The summed E-state index contributed by atoms with van der Waals surface area (Å²) in [5.41, 5.74) is -0.452. The summed E-state index contributed by atoms with van der Waals surface area (Å²) >= 11 is 1.68. The number of piperidine rings is 1. The van der Waals surface area contributed by atoms with Crippen LogP contribution in [0.25, 0.3) is 0 Å². The molecule has 1 saturated heterocycles. The number of aromatic nitrogens is 1. The molecule has 5 nitrogen and oxygen atoms in total. The molecule has 1 N–H and O–H groups in total. The zero-order valence-corrected chi connectivity index (χ0v) is 14.1. The van der Waals surface area contributed by atoms with Crippen LogP contribution in [0.4, 0.5) is 4.79 Å². The van der Waals surface area contributed by atoms with Gasteiger partial charge in [-0.1, -0.05) is 0 Å². The normalized spacial score (nSPS) is 21.8. The maximum Gasteiger partial charge on any atom is 0.407 e. The predicted octanol–water partition coefficient (Wildman–Crippen LogP) is 3.19. The average molecular weight is 311 g/mol. The van der Waals surface area contributed by atoms with Crippen molar-refractivity contribution in [1.82, 2.24) is 15.2 Å². The second-order valence-electron chi connectivity index (χ2n) is 6.53. The monoisotopic (exact) mass is 311 g/mol. The molecule has 21 heavy (non-hydrogen) atoms. The molecule has 118 valence electrons. The molecule has 0 saturated carbocycles. The summed E-state index contributed by atoms with van der Waals surface area (Å²) in [5, 5.41) is 6.12. The second-order valence-corrected chi connectivity index (χ2v) is 7.45. The Morgan fingerprint density at radius 3 is 2.95 bits per heavy atom. The zero-order chi connectivity index (χ0) is 15.5. The van der Waals surface area contributed by atoms with Crippen molar-refractivity contribution in [2.24, 2.45) is 0 Å². The van der Waals surface area contributed by atoms with Crippen molar-refractivity contribution in [2.45, 2.75) is 58.2 Å². The van der Waals surface area contributed by atoms with Crippen molar-refractivity contribution in [3.8, 4) is 0 Å². The lowest BCUT2D eigenvalue weighted by Crippen LogP contribution is -2.49. The first-order valence-electron chi connectivity index (χ1n) is 7.48. The van der Waals surface area contributed by atoms with Gasteiger partial charge in [-0.05, 0) is 47.1 Å². The lowest BCUT2D eigenvalue weighted by molar-refractivity contribution is 0.0458. The fourth-order valence-corrected chi connectivity index (χ4v) is 3.28. The maximum atomic E-state index is 11.9. The third kappa shape index (κ3) is 4.97. The zero-order valence-electron chi connectivity index (χ0n) is 13.3. The number of hydrogen-bond donors (Lipinski definition) is 1. The summed E-state index contributed by atoms with van der Waals surface area (Å²) in [6, 6.07) is 0.448. The molecule has 1 fully saturated rings. The van der Waals surface area contributed by atoms with Gasteiger partial charge in [0, 0.05) is 24.2 Å². The molecule has 2 heterocycles. The molecule has 1 aliphatic rings. The Labute approximate surface area is 130 Å². The van der Waals surface area contributed by atoms with E-state index in [1.165, 1.54) is 0 Å². The molecular formula is C15H25N3O2S. The van der Waals surface area contributed by atoms with Crippen molar-refractivity contribution in [3.05, 3.63) is 16.6 Å². The van der Waals surface area contributed by atoms with E-state index in [9.17, 15) is 4.79 Å². The van der Waals surface area contributed by atoms with Crippen molar-refractivity contribution in [3.63, 3.8) is 0 Å². The van der Waals surface area contributed by atoms with Gasteiger partial charge in [-0.25, -0.2) is 9.78 Å². The molecule has 6 heteroatoms. The summed E-state index contributed by atoms with van der Waals surface area (Å²) in [6.07, 6.45) is 3.60. The van der Waals surface area contributed by atoms with Gasteiger partial charge >= 0.3 is 6.09 Å². The summed E-state index contributed by atoms with van der Waals surface area (Å²) in [7, 11) is 0. The van der Waals surface area contributed by atoms with Crippen LogP contribution in [0.2, 0.25) is 0 Å². The van der Waals surface area contributed by atoms with E-state index in [0.717, 1.165) is 30.9 Å². The van der Waals surface area contributed by atoms with Crippen LogP contribution in [0, 0.1) is 0 Å². The minimum absolute atomic E-state index is 0.149. The number of likely N-dealkylation sites (tertiary alicyclic amines) is 1. The summed E-state index contributed by atoms with van der Waals surface area (Å²) in [4.78, 5) is 18.6. The number of rotatable bonds is 3. The van der Waals surface area contributed by atoms with Gasteiger partial charge in [0.1, 0.15) is 10.6 Å². The number of ether oxygens (including phenoxy) is 1. The Balaban J connectivity index is 1.87. The van der Waals surface area contributed by atoms with Gasteiger partial charge in [0.05, 0.1) is 6.04 Å². The fraction of sp³-hybridized carbons (Fsp3) is 0.733. The van der Waals surface area contributed by atoms with Gasteiger partial charge < -0.3 is 10.1 Å². The first-order valence-corrected chi connectivity index (χ1v) is 8.36. The van der Waals surface area contributed by atoms with Gasteiger partial charge in [0.2, 0.25) is 0 Å². The number of nitrogens with one attached hydrogen (secondary N) is 1. The highest BCUT2D eigenvalue weighted by Gasteiger charge is 2.27. The molecule has 2 atom stereocenters. The first kappa shape index (κ1) is 16.2. The van der Waals surface area contributed by atoms with Crippen molar-refractivity contribution >= 4 is 17.4 Å². The minimum atomic E-state index is -0.452. The fourth-order valence-electron chi connectivity index (χ4n) is 2.55. The van der Waals surface area contributed by atoms with Crippen LogP contribution < -0.4 is 5.32 Å². The highest BCUT2D eigenvalue weighted by Crippen LogP contribution is 2.25. The molecule has 1 aromatic heterocycles. The average Bonchev–Trinajstić information content (AvgIpc) is 2.89. The van der Waals surface area contributed by atoms with Gasteiger partial charge in [-0.3, -0.25) is 4.90 Å². The van der Waals surface area contributed by atoms with Gasteiger partial charge in [0.25, 0.3) is 0 Å². The van der Waals surface area contributed by atoms with Gasteiger partial charge in [-0.2, -0.15) is 0 Å². The van der Waals surface area contributed by atoms with Gasteiger partial charge in [0.15, 0.2) is 0 Å². The maximum absolute atomic E-state index is 11.9. The van der Waals surface area contributed by atoms with E-state index in [2.05, 4.69) is 22.1 Å². The second kappa shape index (κ2) is 6.75. The molecule has 1 amide bonds. The Morgan fingerprint density at radius 1 is 1.57 bits per heavy atom. The molecule has 1 aromatic rings. The van der Waals surface area contributed by atoms with Crippen LogP contribution in [0.3, 0.4) is 0 Å². The van der Waals surface area contributed by atoms with Crippen LogP contribution in [0.5, 0.6) is 0 Å². The summed E-state index contributed by atoms with van der Waals surface area (Å²) < 4.78 is 5.33. The number of carbonyl (C=O) groups excluding carboxylic acids is 1. The Morgan fingerprint density at radius 2 is 2.33 bits per heavy atom. The van der Waals surface area contributed by atoms with E-state index in [-0.39, 0.29) is 12.1 Å². The topological polar surface area (TPSA) is 54.5 Å². The molecule has 2 rings (SSSR count). The molecular weight excluding hydrogens is 286 g/mol. The molecule has 0 aromatic carbocycles. The van der Waals surface area contributed by atoms with Crippen LogP contribution in [0.1, 0.15) is 51.6 Å².